The van der Waals surface area contributed by atoms with Crippen molar-refractivity contribution in [2.75, 3.05) is 88.4 Å². The minimum absolute atomic E-state index is 0.00398. The monoisotopic (exact) mass is 1010 g/mol. The Balaban J connectivity index is 0.682. The molecule has 5 saturated heterocycles. The molecule has 17 heteroatoms. The van der Waals surface area contributed by atoms with Gasteiger partial charge in [-0.05, 0) is 110 Å². The Labute approximate surface area is 431 Å². The molecule has 2 bridgehead atoms. The Bertz CT molecular complexity index is 3020. The second-order valence-corrected chi connectivity index (χ2v) is 21.9. The number of pyridine rings is 1. The summed E-state index contributed by atoms with van der Waals surface area (Å²) in [7, 11) is 0. The highest BCUT2D eigenvalue weighted by Gasteiger charge is 2.40. The van der Waals surface area contributed by atoms with Crippen LogP contribution < -0.4 is 25.2 Å². The van der Waals surface area contributed by atoms with Gasteiger partial charge in [0.15, 0.2) is 5.82 Å². The van der Waals surface area contributed by atoms with Crippen molar-refractivity contribution < 1.29 is 33.0 Å². The highest BCUT2D eigenvalue weighted by atomic mass is 19.1. The number of hydrogen-bond acceptors (Lipinski definition) is 12. The zero-order chi connectivity index (χ0) is 51.3. The molecule has 6 aliphatic rings. The van der Waals surface area contributed by atoms with Gasteiger partial charge in [0.1, 0.15) is 28.6 Å². The zero-order valence-electron chi connectivity index (χ0n) is 42.5. The van der Waals surface area contributed by atoms with Crippen LogP contribution in [-0.2, 0) is 11.2 Å². The number of hydrogen-bond donors (Lipinski definition) is 3. The number of anilines is 2. The molecule has 11 rings (SSSR count). The normalized spacial score (nSPS) is 22.1. The number of ether oxygens (including phenoxy) is 1. The van der Waals surface area contributed by atoms with Crippen LogP contribution in [-0.4, -0.2) is 143 Å². The van der Waals surface area contributed by atoms with Gasteiger partial charge >= 0.3 is 12.0 Å². The highest BCUT2D eigenvalue weighted by Crippen LogP contribution is 2.47. The van der Waals surface area contributed by atoms with Gasteiger partial charge in [0, 0.05) is 125 Å². The number of nitrogens with one attached hydrogen (secondary N) is 2. The molecule has 1 aliphatic carbocycles. The van der Waals surface area contributed by atoms with E-state index >= 15 is 8.78 Å². The molecule has 2 aromatic heterocycles. The number of carbonyl (C=O) groups excluding carboxylic acids is 3. The van der Waals surface area contributed by atoms with Crippen LogP contribution in [0.15, 0.2) is 48.7 Å². The number of piperazine rings is 2. The molecular weight excluding hydrogens is 943 g/mol. The first kappa shape index (κ1) is 49.7. The lowest BCUT2D eigenvalue weighted by atomic mass is 9.65. The van der Waals surface area contributed by atoms with Crippen molar-refractivity contribution in [2.24, 2.45) is 17.3 Å². The zero-order valence-corrected chi connectivity index (χ0v) is 42.5. The first-order valence-corrected chi connectivity index (χ1v) is 26.7. The van der Waals surface area contributed by atoms with Gasteiger partial charge in [-0.3, -0.25) is 24.8 Å². The molecule has 6 fully saturated rings. The summed E-state index contributed by atoms with van der Waals surface area (Å²) in [6.45, 7) is 13.6. The molecule has 74 heavy (non-hydrogen) atoms. The Kier molecular flexibility index (Phi) is 13.9. The van der Waals surface area contributed by atoms with Gasteiger partial charge in [0.2, 0.25) is 5.91 Å². The molecule has 5 aromatic rings. The van der Waals surface area contributed by atoms with Crippen molar-refractivity contribution in [3.8, 4) is 35.4 Å². The van der Waals surface area contributed by atoms with Gasteiger partial charge < -0.3 is 34.8 Å². The third kappa shape index (κ3) is 9.96. The Hall–Kier alpha value is -6.48. The first-order chi connectivity index (χ1) is 35.8. The number of aromatic hydroxyl groups is 1. The van der Waals surface area contributed by atoms with Gasteiger partial charge in [0.25, 0.3) is 5.91 Å². The van der Waals surface area contributed by atoms with Gasteiger partial charge in [-0.2, -0.15) is 9.97 Å². The minimum atomic E-state index is -0.737. The average molecular weight is 1010 g/mol. The predicted octanol–water partition coefficient (Wildman–Crippen LogP) is 7.50. The lowest BCUT2D eigenvalue weighted by molar-refractivity contribution is -0.120. The van der Waals surface area contributed by atoms with E-state index in [1.54, 1.807) is 11.1 Å². The van der Waals surface area contributed by atoms with Gasteiger partial charge in [-0.15, -0.1) is 6.42 Å². The number of nitrogens with zero attached hydrogens (tertiary/aromatic N) is 8. The summed E-state index contributed by atoms with van der Waals surface area (Å²) in [6.07, 6.45) is 17.2. The molecule has 0 radical (unpaired) electrons. The van der Waals surface area contributed by atoms with E-state index in [2.05, 4.69) is 48.1 Å². The van der Waals surface area contributed by atoms with E-state index in [0.717, 1.165) is 83.6 Å². The predicted molar refractivity (Wildman–Crippen MR) is 280 cm³/mol. The number of halogens is 2. The van der Waals surface area contributed by atoms with Crippen molar-refractivity contribution >= 4 is 51.0 Å². The van der Waals surface area contributed by atoms with Gasteiger partial charge in [-0.1, -0.05) is 31.9 Å². The summed E-state index contributed by atoms with van der Waals surface area (Å²) in [5, 5.41) is 17.9. The lowest BCUT2D eigenvalue weighted by Crippen LogP contribution is -2.51. The Morgan fingerprint density at radius 1 is 0.932 bits per heavy atom. The van der Waals surface area contributed by atoms with Crippen LogP contribution >= 0.6 is 0 Å². The summed E-state index contributed by atoms with van der Waals surface area (Å²) in [5.41, 5.74) is 2.59. The number of phenolic OH excluding ortho intramolecular Hbond substituents is 1. The molecular formula is C57H66F2N10O5. The summed E-state index contributed by atoms with van der Waals surface area (Å²) in [6, 6.07) is 11.4. The number of piperidine rings is 1. The smallest absolute Gasteiger partial charge is 0.328 e. The van der Waals surface area contributed by atoms with E-state index in [0.29, 0.717) is 78.5 Å². The van der Waals surface area contributed by atoms with Crippen LogP contribution in [0.3, 0.4) is 0 Å². The van der Waals surface area contributed by atoms with Gasteiger partial charge in [-0.25, -0.2) is 13.6 Å². The van der Waals surface area contributed by atoms with Crippen molar-refractivity contribution in [3.05, 3.63) is 77.0 Å². The molecule has 3 atom stereocenters. The number of aromatic nitrogens is 3. The maximum absolute atomic E-state index is 17.1. The number of imide groups is 1. The minimum Gasteiger partial charge on any atom is -0.508 e. The molecule has 4 amide bonds. The second-order valence-electron chi connectivity index (χ2n) is 21.9. The Morgan fingerprint density at radius 2 is 1.68 bits per heavy atom. The van der Waals surface area contributed by atoms with Crippen molar-refractivity contribution in [3.63, 3.8) is 0 Å². The van der Waals surface area contributed by atoms with Crippen LogP contribution in [0.1, 0.15) is 93.1 Å². The number of aryl methyl sites for hydroxylation is 1. The lowest BCUT2D eigenvalue weighted by Gasteiger charge is -2.47. The number of urea groups is 1. The van der Waals surface area contributed by atoms with Crippen LogP contribution in [0.2, 0.25) is 0 Å². The molecule has 1 spiro atoms. The van der Waals surface area contributed by atoms with E-state index in [4.69, 9.17) is 16.1 Å². The number of phenols is 1. The Morgan fingerprint density at radius 3 is 2.39 bits per heavy atom. The quantitative estimate of drug-likeness (QED) is 0.106. The SMILES string of the molecule is C#Cc1c(F)ccc2cc(O)cc(-c3ncc4c(N5CC6CCC(C5)N6)nc(OC[C@H](C)CN5CCN(CC6CCC7(CC6)CCN(C(=O)c6ccc(CC)c(N8CCC(=O)NC8=O)c6)CC7)CC5)nc4c3F)c12. The number of fused-ring (bicyclic) bond motifs is 4. The van der Waals surface area contributed by atoms with Crippen molar-refractivity contribution in [1.29, 1.82) is 0 Å². The third-order valence-corrected chi connectivity index (χ3v) is 17.0. The van der Waals surface area contributed by atoms with E-state index in [1.807, 2.05) is 30.0 Å². The fraction of sp³-hybridized carbons (Fsp3) is 0.509. The van der Waals surface area contributed by atoms with Crippen LogP contribution in [0.25, 0.3) is 32.9 Å². The van der Waals surface area contributed by atoms with Gasteiger partial charge in [0.05, 0.1) is 17.6 Å². The number of benzene rings is 3. The van der Waals surface area contributed by atoms with Crippen LogP contribution in [0.4, 0.5) is 25.1 Å². The van der Waals surface area contributed by atoms with Crippen LogP contribution in [0.5, 0.6) is 11.8 Å². The first-order valence-electron chi connectivity index (χ1n) is 26.7. The largest absolute Gasteiger partial charge is 0.508 e. The molecule has 2 unspecified atom stereocenters. The number of rotatable bonds is 12. The molecule has 3 N–H and O–H groups in total. The second kappa shape index (κ2) is 20.7. The summed E-state index contributed by atoms with van der Waals surface area (Å²) >= 11 is 0. The fourth-order valence-electron chi connectivity index (χ4n) is 12.8. The standard InChI is InChI=1S/C57H66F2N10O5/c1-4-37-6-7-39(27-47(37)69-19-14-48(71)62-56(69)73)54(72)67-20-17-57(18-21-67)15-12-36(13-16-57)31-66-24-22-65(23-25-66)30-35(3)34-74-55-63-52-45(53(64-55)68-32-40-9-10-41(33-68)61-40)29-60-51(50(52)59)44-28-42(70)26-38-8-11-46(58)43(5-2)49(38)44/h2,6-8,11,26-29,35-36,40-41,61,70H,4,9-10,12-25,30-34H2,1,3H3,(H,62,71,73)/t35-,40?,41?/m1/s1. The van der Waals surface area contributed by atoms with E-state index < -0.39 is 17.7 Å². The van der Waals surface area contributed by atoms with E-state index in [9.17, 15) is 19.5 Å². The number of terminal acetylenes is 1. The van der Waals surface area contributed by atoms with E-state index in [-0.39, 0.29) is 69.1 Å². The summed E-state index contributed by atoms with van der Waals surface area (Å²) in [4.78, 5) is 63.3. The summed E-state index contributed by atoms with van der Waals surface area (Å²) in [5.74, 6) is 2.00. The molecule has 7 heterocycles. The maximum Gasteiger partial charge on any atom is 0.328 e. The number of carbonyl (C=O) groups is 3. The molecule has 1 saturated carbocycles. The number of likely N-dealkylation sites (tertiary alicyclic amines) is 1. The van der Waals surface area contributed by atoms with Crippen molar-refractivity contribution in [2.45, 2.75) is 90.1 Å². The van der Waals surface area contributed by atoms with Crippen molar-refractivity contribution in [1.82, 2.24) is 40.3 Å². The number of amides is 4. The summed E-state index contributed by atoms with van der Waals surface area (Å²) < 4.78 is 38.5. The fourth-order valence-corrected chi connectivity index (χ4v) is 12.8. The maximum atomic E-state index is 17.1. The van der Waals surface area contributed by atoms with E-state index in [1.165, 1.54) is 49.9 Å². The molecule has 15 nitrogen and oxygen atoms in total. The van der Waals surface area contributed by atoms with Crippen LogP contribution in [0, 0.1) is 41.2 Å². The molecule has 3 aromatic carbocycles. The topological polar surface area (TPSA) is 160 Å². The third-order valence-electron chi connectivity index (χ3n) is 17.0. The average Bonchev–Trinajstić information content (AvgIpc) is 3.75. The highest BCUT2D eigenvalue weighted by molar-refractivity contribution is 6.07. The molecule has 5 aliphatic heterocycles. The molecule has 388 valence electrons.